The molecular formula is C12H9BrCl2S2. The molecule has 0 radical (unpaired) electrons. The lowest BCUT2D eigenvalue weighted by atomic mass is 10.1. The fourth-order valence-corrected chi connectivity index (χ4v) is 3.92. The molecule has 5 heteroatoms. The average Bonchev–Trinajstić information content (AvgIpc) is 2.69. The first-order valence-electron chi connectivity index (χ1n) is 4.84. The van der Waals surface area contributed by atoms with E-state index in [0.717, 1.165) is 19.2 Å². The van der Waals surface area contributed by atoms with Crippen LogP contribution in [0.3, 0.4) is 0 Å². The Morgan fingerprint density at radius 1 is 1.29 bits per heavy atom. The smallest absolute Gasteiger partial charge is 0.107 e. The van der Waals surface area contributed by atoms with Crippen LogP contribution >= 0.6 is 62.2 Å². The predicted molar refractivity (Wildman–Crippen MR) is 82.9 cm³/mol. The molecular weight excluding hydrogens is 359 g/mol. The van der Waals surface area contributed by atoms with Crippen molar-refractivity contribution in [3.8, 4) is 0 Å². The Balaban J connectivity index is 2.26. The summed E-state index contributed by atoms with van der Waals surface area (Å²) in [6.07, 6.45) is 2.06. The van der Waals surface area contributed by atoms with Gasteiger partial charge in [-0.25, -0.2) is 0 Å². The van der Waals surface area contributed by atoms with Gasteiger partial charge in [-0.2, -0.15) is 0 Å². The van der Waals surface area contributed by atoms with Crippen LogP contribution in [0.15, 0.2) is 39.7 Å². The summed E-state index contributed by atoms with van der Waals surface area (Å²) in [4.78, 5) is 2.29. The first kappa shape index (κ1) is 13.8. The monoisotopic (exact) mass is 366 g/mol. The van der Waals surface area contributed by atoms with E-state index in [-0.39, 0.29) is 5.38 Å². The number of benzene rings is 1. The number of thiophene rings is 1. The summed E-state index contributed by atoms with van der Waals surface area (Å²) in [6, 6.07) is 10.3. The molecule has 0 amide bonds. The fourth-order valence-electron chi connectivity index (χ4n) is 1.43. The zero-order valence-corrected chi connectivity index (χ0v) is 13.6. The van der Waals surface area contributed by atoms with Crippen LogP contribution in [0.5, 0.6) is 0 Å². The number of alkyl halides is 1. The van der Waals surface area contributed by atoms with Crippen molar-refractivity contribution in [2.24, 2.45) is 0 Å². The summed E-state index contributed by atoms with van der Waals surface area (Å²) in [5.74, 6) is 0. The normalized spacial score (nSPS) is 12.7. The van der Waals surface area contributed by atoms with Gasteiger partial charge in [0.1, 0.15) is 4.34 Å². The third-order valence-electron chi connectivity index (χ3n) is 2.32. The zero-order valence-electron chi connectivity index (χ0n) is 8.91. The van der Waals surface area contributed by atoms with E-state index in [2.05, 4.69) is 46.5 Å². The van der Waals surface area contributed by atoms with E-state index < -0.39 is 0 Å². The van der Waals surface area contributed by atoms with Crippen LogP contribution in [-0.2, 0) is 0 Å². The van der Waals surface area contributed by atoms with E-state index in [1.807, 2.05) is 6.07 Å². The molecule has 0 fully saturated rings. The maximum absolute atomic E-state index is 6.44. The molecule has 2 rings (SSSR count). The first-order chi connectivity index (χ1) is 8.11. The van der Waals surface area contributed by atoms with Gasteiger partial charge in [-0.15, -0.1) is 34.7 Å². The molecule has 17 heavy (non-hydrogen) atoms. The topological polar surface area (TPSA) is 0 Å². The van der Waals surface area contributed by atoms with Gasteiger partial charge in [-0.05, 0) is 45.9 Å². The van der Waals surface area contributed by atoms with Crippen LogP contribution in [0, 0.1) is 0 Å². The zero-order chi connectivity index (χ0) is 12.4. The molecule has 0 aliphatic carbocycles. The predicted octanol–water partition coefficient (Wildman–Crippen LogP) is 6.21. The van der Waals surface area contributed by atoms with Gasteiger partial charge in [0.15, 0.2) is 0 Å². The van der Waals surface area contributed by atoms with E-state index in [0.29, 0.717) is 0 Å². The SMILES string of the molecule is CSc1ccc(C(Cl)c2cc(Br)c(Cl)s2)cc1. The third kappa shape index (κ3) is 3.21. The maximum atomic E-state index is 6.44. The summed E-state index contributed by atoms with van der Waals surface area (Å²) in [7, 11) is 0. The molecule has 0 spiro atoms. The molecule has 1 aromatic heterocycles. The molecule has 1 unspecified atom stereocenters. The summed E-state index contributed by atoms with van der Waals surface area (Å²) in [5, 5.41) is -0.139. The second kappa shape index (κ2) is 5.98. The van der Waals surface area contributed by atoms with Crippen molar-refractivity contribution >= 4 is 62.2 Å². The Bertz CT molecular complexity index is 488. The van der Waals surface area contributed by atoms with Gasteiger partial charge in [0.25, 0.3) is 0 Å². The van der Waals surface area contributed by atoms with Crippen molar-refractivity contribution < 1.29 is 0 Å². The number of rotatable bonds is 3. The van der Waals surface area contributed by atoms with E-state index in [1.54, 1.807) is 11.8 Å². The molecule has 0 nitrogen and oxygen atoms in total. The lowest BCUT2D eigenvalue weighted by molar-refractivity contribution is 1.17. The molecule has 0 saturated carbocycles. The molecule has 1 aromatic carbocycles. The molecule has 0 bridgehead atoms. The lowest BCUT2D eigenvalue weighted by Crippen LogP contribution is -1.89. The van der Waals surface area contributed by atoms with Crippen molar-refractivity contribution in [3.63, 3.8) is 0 Å². The summed E-state index contributed by atoms with van der Waals surface area (Å²) < 4.78 is 1.65. The first-order valence-corrected chi connectivity index (χ1v) is 8.49. The highest BCUT2D eigenvalue weighted by molar-refractivity contribution is 9.10. The molecule has 1 heterocycles. The summed E-state index contributed by atoms with van der Waals surface area (Å²) >= 11 is 19.1. The van der Waals surface area contributed by atoms with Gasteiger partial charge in [-0.3, -0.25) is 0 Å². The van der Waals surface area contributed by atoms with E-state index in [1.165, 1.54) is 16.2 Å². The van der Waals surface area contributed by atoms with Gasteiger partial charge in [0.05, 0.1) is 5.38 Å². The van der Waals surface area contributed by atoms with Crippen molar-refractivity contribution in [1.82, 2.24) is 0 Å². The van der Waals surface area contributed by atoms with Crippen LogP contribution in [0.2, 0.25) is 4.34 Å². The van der Waals surface area contributed by atoms with Crippen molar-refractivity contribution in [2.75, 3.05) is 6.26 Å². The van der Waals surface area contributed by atoms with Crippen LogP contribution in [-0.4, -0.2) is 6.26 Å². The Hall–Kier alpha value is 0.330. The molecule has 0 saturated heterocycles. The molecule has 0 N–H and O–H groups in total. The fraction of sp³-hybridized carbons (Fsp3) is 0.167. The molecule has 0 aliphatic heterocycles. The van der Waals surface area contributed by atoms with Crippen molar-refractivity contribution in [1.29, 1.82) is 0 Å². The lowest BCUT2D eigenvalue weighted by Gasteiger charge is -2.07. The van der Waals surface area contributed by atoms with Crippen molar-refractivity contribution in [3.05, 3.63) is 49.6 Å². The van der Waals surface area contributed by atoms with Gasteiger partial charge in [0, 0.05) is 14.2 Å². The quantitative estimate of drug-likeness (QED) is 0.458. The minimum Gasteiger partial charge on any atom is -0.130 e. The van der Waals surface area contributed by atoms with Crippen LogP contribution < -0.4 is 0 Å². The minimum absolute atomic E-state index is 0.139. The average molecular weight is 368 g/mol. The molecule has 90 valence electrons. The van der Waals surface area contributed by atoms with Gasteiger partial charge in [-0.1, -0.05) is 23.7 Å². The van der Waals surface area contributed by atoms with Gasteiger partial charge >= 0.3 is 0 Å². The van der Waals surface area contributed by atoms with E-state index in [9.17, 15) is 0 Å². The number of hydrogen-bond acceptors (Lipinski definition) is 2. The summed E-state index contributed by atoms with van der Waals surface area (Å²) in [6.45, 7) is 0. The van der Waals surface area contributed by atoms with Gasteiger partial charge in [0.2, 0.25) is 0 Å². The molecule has 2 aromatic rings. The Morgan fingerprint density at radius 3 is 2.41 bits per heavy atom. The highest BCUT2D eigenvalue weighted by atomic mass is 79.9. The Labute approximate surface area is 127 Å². The molecule has 1 atom stereocenters. The largest absolute Gasteiger partial charge is 0.130 e. The third-order valence-corrected chi connectivity index (χ3v) is 6.22. The standard InChI is InChI=1S/C12H9BrCl2S2/c1-16-8-4-2-7(3-5-8)11(14)10-6-9(13)12(15)17-10/h2-6,11H,1H3. The van der Waals surface area contributed by atoms with Crippen LogP contribution in [0.25, 0.3) is 0 Å². The maximum Gasteiger partial charge on any atom is 0.107 e. The second-order valence-corrected chi connectivity index (χ2v) is 7.26. The number of thioether (sulfide) groups is 1. The van der Waals surface area contributed by atoms with Crippen LogP contribution in [0.1, 0.15) is 15.8 Å². The highest BCUT2D eigenvalue weighted by Crippen LogP contribution is 2.40. The van der Waals surface area contributed by atoms with E-state index in [4.69, 9.17) is 23.2 Å². The van der Waals surface area contributed by atoms with Crippen molar-refractivity contribution in [2.45, 2.75) is 10.3 Å². The summed E-state index contributed by atoms with van der Waals surface area (Å²) in [5.41, 5.74) is 1.09. The van der Waals surface area contributed by atoms with Crippen LogP contribution in [0.4, 0.5) is 0 Å². The van der Waals surface area contributed by atoms with E-state index >= 15 is 0 Å². The highest BCUT2D eigenvalue weighted by Gasteiger charge is 2.15. The second-order valence-electron chi connectivity index (χ2n) is 3.41. The Morgan fingerprint density at radius 2 is 1.94 bits per heavy atom. The van der Waals surface area contributed by atoms with Gasteiger partial charge < -0.3 is 0 Å². The Kier molecular flexibility index (Phi) is 4.84. The number of halogens is 3. The molecule has 0 aliphatic rings. The minimum atomic E-state index is -0.139. The number of hydrogen-bond donors (Lipinski definition) is 0.